The van der Waals surface area contributed by atoms with Crippen molar-refractivity contribution in [1.29, 1.82) is 0 Å². The van der Waals surface area contributed by atoms with Crippen molar-refractivity contribution in [2.45, 2.75) is 18.2 Å². The van der Waals surface area contributed by atoms with Crippen LogP contribution in [-0.2, 0) is 16.4 Å². The molecule has 0 spiro atoms. The van der Waals surface area contributed by atoms with Crippen molar-refractivity contribution in [1.82, 2.24) is 9.29 Å². The number of benzene rings is 1. The van der Waals surface area contributed by atoms with Gasteiger partial charge in [-0.1, -0.05) is 6.92 Å². The van der Waals surface area contributed by atoms with Gasteiger partial charge >= 0.3 is 5.97 Å². The number of carboxylic acids is 1. The van der Waals surface area contributed by atoms with Crippen molar-refractivity contribution >= 4 is 38.2 Å². The van der Waals surface area contributed by atoms with Crippen LogP contribution < -0.4 is 0 Å². The van der Waals surface area contributed by atoms with Gasteiger partial charge in [0, 0.05) is 24.4 Å². The summed E-state index contributed by atoms with van der Waals surface area (Å²) in [5, 5.41) is 9.93. The first-order valence-corrected chi connectivity index (χ1v) is 10.2. The minimum atomic E-state index is -3.66. The molecular weight excluding hydrogens is 372 g/mol. The molecule has 2 heterocycles. The minimum Gasteiger partial charge on any atom is -0.478 e. The van der Waals surface area contributed by atoms with Crippen LogP contribution in [0.3, 0.4) is 0 Å². The van der Waals surface area contributed by atoms with E-state index in [1.54, 1.807) is 17.4 Å². The number of nitrogens with zero attached hydrogens (tertiary/aromatic N) is 2. The highest BCUT2D eigenvalue weighted by atomic mass is 32.2. The predicted molar refractivity (Wildman–Crippen MR) is 102 cm³/mol. The third kappa shape index (κ3) is 3.23. The van der Waals surface area contributed by atoms with Crippen LogP contribution in [0, 0.1) is 0 Å². The monoisotopic (exact) mass is 390 g/mol. The number of aromatic nitrogens is 1. The standard InChI is InChI=1S/C18H18N2O4S2/c1-4-11-5-8-17(25-11)16-10-14(18(21)22)13-9-12(6-7-15(13)19-16)26(23,24)20(2)3/h5-10H,4H2,1-3H3,(H,21,22). The first-order chi connectivity index (χ1) is 12.2. The number of aryl methyl sites for hydroxylation is 1. The Hall–Kier alpha value is -2.29. The lowest BCUT2D eigenvalue weighted by atomic mass is 10.1. The van der Waals surface area contributed by atoms with Gasteiger partial charge in [0.2, 0.25) is 10.0 Å². The maximum Gasteiger partial charge on any atom is 0.336 e. The lowest BCUT2D eigenvalue weighted by Gasteiger charge is -2.13. The van der Waals surface area contributed by atoms with Gasteiger partial charge in [0.1, 0.15) is 0 Å². The molecule has 0 bridgehead atoms. The number of fused-ring (bicyclic) bond motifs is 1. The Balaban J connectivity index is 2.24. The molecular formula is C18H18N2O4S2. The van der Waals surface area contributed by atoms with Crippen molar-refractivity contribution < 1.29 is 18.3 Å². The maximum absolute atomic E-state index is 12.3. The lowest BCUT2D eigenvalue weighted by Crippen LogP contribution is -2.22. The molecule has 0 amide bonds. The molecule has 0 radical (unpaired) electrons. The van der Waals surface area contributed by atoms with Crippen LogP contribution in [0.4, 0.5) is 0 Å². The molecule has 0 saturated carbocycles. The highest BCUT2D eigenvalue weighted by molar-refractivity contribution is 7.89. The molecule has 0 unspecified atom stereocenters. The zero-order chi connectivity index (χ0) is 19.1. The quantitative estimate of drug-likeness (QED) is 0.721. The number of carbonyl (C=O) groups is 1. The van der Waals surface area contributed by atoms with E-state index in [1.165, 1.54) is 37.2 Å². The fraction of sp³-hybridized carbons (Fsp3) is 0.222. The second-order valence-electron chi connectivity index (χ2n) is 5.95. The molecule has 6 nitrogen and oxygen atoms in total. The summed E-state index contributed by atoms with van der Waals surface area (Å²) in [4.78, 5) is 18.4. The van der Waals surface area contributed by atoms with Crippen LogP contribution in [0.5, 0.6) is 0 Å². The number of aromatic carboxylic acids is 1. The van der Waals surface area contributed by atoms with Crippen molar-refractivity contribution in [2.24, 2.45) is 0 Å². The van der Waals surface area contributed by atoms with Gasteiger partial charge in [-0.3, -0.25) is 0 Å². The van der Waals surface area contributed by atoms with Crippen molar-refractivity contribution in [3.8, 4) is 10.6 Å². The SMILES string of the molecule is CCc1ccc(-c2cc(C(=O)O)c3cc(S(=O)(=O)N(C)C)ccc3n2)s1. The molecule has 0 aliphatic heterocycles. The Bertz CT molecular complexity index is 1100. The molecule has 0 aliphatic rings. The molecule has 1 N–H and O–H groups in total. The second kappa shape index (κ2) is 6.79. The minimum absolute atomic E-state index is 0.0345. The third-order valence-corrected chi connectivity index (χ3v) is 7.11. The molecule has 0 atom stereocenters. The average Bonchev–Trinajstić information content (AvgIpc) is 3.09. The number of hydrogen-bond donors (Lipinski definition) is 1. The highest BCUT2D eigenvalue weighted by Gasteiger charge is 2.20. The Kier molecular flexibility index (Phi) is 4.83. The van der Waals surface area contributed by atoms with Gasteiger partial charge in [-0.25, -0.2) is 22.5 Å². The molecule has 8 heteroatoms. The summed E-state index contributed by atoms with van der Waals surface area (Å²) in [5.41, 5.74) is 1.05. The average molecular weight is 390 g/mol. The number of sulfonamides is 1. The summed E-state index contributed by atoms with van der Waals surface area (Å²) >= 11 is 1.57. The maximum atomic E-state index is 12.3. The van der Waals surface area contributed by atoms with E-state index < -0.39 is 16.0 Å². The van der Waals surface area contributed by atoms with Gasteiger partial charge in [-0.15, -0.1) is 11.3 Å². The molecule has 2 aromatic heterocycles. The number of hydrogen-bond acceptors (Lipinski definition) is 5. The molecule has 3 aromatic rings. The Morgan fingerprint density at radius 1 is 1.19 bits per heavy atom. The topological polar surface area (TPSA) is 87.6 Å². The van der Waals surface area contributed by atoms with Gasteiger partial charge < -0.3 is 5.11 Å². The van der Waals surface area contributed by atoms with E-state index in [1.807, 2.05) is 12.1 Å². The Morgan fingerprint density at radius 2 is 1.92 bits per heavy atom. The Morgan fingerprint density at radius 3 is 2.50 bits per heavy atom. The number of carboxylic acid groups (broad SMARTS) is 1. The molecule has 0 aliphatic carbocycles. The number of pyridine rings is 1. The van der Waals surface area contributed by atoms with E-state index >= 15 is 0 Å². The van der Waals surface area contributed by atoms with Gasteiger partial charge in [0.15, 0.2) is 0 Å². The smallest absolute Gasteiger partial charge is 0.336 e. The van der Waals surface area contributed by atoms with Crippen LogP contribution in [0.2, 0.25) is 0 Å². The molecule has 0 fully saturated rings. The number of rotatable bonds is 5. The van der Waals surface area contributed by atoms with Crippen molar-refractivity contribution in [2.75, 3.05) is 14.1 Å². The van der Waals surface area contributed by atoms with Gasteiger partial charge in [0.25, 0.3) is 0 Å². The normalized spacial score (nSPS) is 12.0. The van der Waals surface area contributed by atoms with Gasteiger partial charge in [-0.05, 0) is 42.8 Å². The summed E-state index contributed by atoms with van der Waals surface area (Å²) in [7, 11) is -0.795. The largest absolute Gasteiger partial charge is 0.478 e. The predicted octanol–water partition coefficient (Wildman–Crippen LogP) is 3.47. The Labute approximate surface area is 155 Å². The van der Waals surface area contributed by atoms with Crippen LogP contribution in [-0.4, -0.2) is 42.9 Å². The molecule has 136 valence electrons. The number of thiophene rings is 1. The van der Waals surface area contributed by atoms with E-state index in [-0.39, 0.29) is 10.5 Å². The summed E-state index contributed by atoms with van der Waals surface area (Å²) < 4.78 is 25.8. The van der Waals surface area contributed by atoms with Crippen LogP contribution in [0.15, 0.2) is 41.3 Å². The van der Waals surface area contributed by atoms with E-state index in [2.05, 4.69) is 11.9 Å². The first kappa shape index (κ1) is 18.5. The summed E-state index contributed by atoms with van der Waals surface area (Å²) in [6, 6.07) is 9.80. The third-order valence-electron chi connectivity index (χ3n) is 4.05. The van der Waals surface area contributed by atoms with Crippen molar-refractivity contribution in [3.05, 3.63) is 46.8 Å². The zero-order valence-corrected chi connectivity index (χ0v) is 16.2. The van der Waals surface area contributed by atoms with E-state index in [0.29, 0.717) is 16.6 Å². The molecule has 1 aromatic carbocycles. The van der Waals surface area contributed by atoms with Crippen LogP contribution in [0.25, 0.3) is 21.5 Å². The van der Waals surface area contributed by atoms with E-state index in [0.717, 1.165) is 15.6 Å². The first-order valence-electron chi connectivity index (χ1n) is 7.93. The summed E-state index contributed by atoms with van der Waals surface area (Å²) in [6.45, 7) is 2.05. The van der Waals surface area contributed by atoms with Crippen LogP contribution in [0.1, 0.15) is 22.2 Å². The van der Waals surface area contributed by atoms with E-state index in [9.17, 15) is 18.3 Å². The molecule has 0 saturated heterocycles. The van der Waals surface area contributed by atoms with Gasteiger partial charge in [-0.2, -0.15) is 0 Å². The van der Waals surface area contributed by atoms with Crippen LogP contribution >= 0.6 is 11.3 Å². The second-order valence-corrected chi connectivity index (χ2v) is 9.27. The van der Waals surface area contributed by atoms with Crippen molar-refractivity contribution in [3.63, 3.8) is 0 Å². The molecule has 26 heavy (non-hydrogen) atoms. The fourth-order valence-corrected chi connectivity index (χ4v) is 4.42. The fourth-order valence-electron chi connectivity index (χ4n) is 2.58. The summed E-state index contributed by atoms with van der Waals surface area (Å²) in [5.74, 6) is -1.12. The lowest BCUT2D eigenvalue weighted by molar-refractivity contribution is 0.0699. The zero-order valence-electron chi connectivity index (χ0n) is 14.6. The summed E-state index contributed by atoms with van der Waals surface area (Å²) in [6.07, 6.45) is 0.899. The highest BCUT2D eigenvalue weighted by Crippen LogP contribution is 2.31. The van der Waals surface area contributed by atoms with E-state index in [4.69, 9.17) is 0 Å². The molecule has 3 rings (SSSR count). The van der Waals surface area contributed by atoms with Gasteiger partial charge in [0.05, 0.1) is 26.5 Å².